The van der Waals surface area contributed by atoms with Gasteiger partial charge in [-0.3, -0.25) is 0 Å². The molecule has 0 heterocycles. The van der Waals surface area contributed by atoms with Crippen molar-refractivity contribution < 1.29 is 8.42 Å². The summed E-state index contributed by atoms with van der Waals surface area (Å²) >= 11 is 0. The molecule has 1 aromatic rings. The van der Waals surface area contributed by atoms with Crippen molar-refractivity contribution in [3.05, 3.63) is 30.3 Å². The van der Waals surface area contributed by atoms with E-state index in [9.17, 15) is 8.42 Å². The number of unbranched alkanes of at least 4 members (excludes halogenated alkanes) is 1. The maximum atomic E-state index is 12.2. The van der Waals surface area contributed by atoms with Crippen molar-refractivity contribution in [2.75, 3.05) is 0 Å². The van der Waals surface area contributed by atoms with E-state index in [1.807, 2.05) is 6.07 Å². The first kappa shape index (κ1) is 11.6. The fourth-order valence-corrected chi connectivity index (χ4v) is 4.18. The van der Waals surface area contributed by atoms with Crippen molar-refractivity contribution in [3.63, 3.8) is 0 Å². The van der Waals surface area contributed by atoms with Gasteiger partial charge in [-0.1, -0.05) is 38.0 Å². The lowest BCUT2D eigenvalue weighted by atomic mass is 10.2. The van der Waals surface area contributed by atoms with Gasteiger partial charge < -0.3 is 0 Å². The molecule has 0 aliphatic heterocycles. The highest BCUT2D eigenvalue weighted by molar-refractivity contribution is 7.92. The van der Waals surface area contributed by atoms with E-state index >= 15 is 0 Å². The zero-order valence-electron chi connectivity index (χ0n) is 9.59. The first-order valence-electron chi connectivity index (χ1n) is 5.95. The van der Waals surface area contributed by atoms with Crippen LogP contribution in [0.1, 0.15) is 32.6 Å². The summed E-state index contributed by atoms with van der Waals surface area (Å²) in [7, 11) is -3.05. The van der Waals surface area contributed by atoms with Gasteiger partial charge in [0.2, 0.25) is 0 Å². The molecule has 2 atom stereocenters. The summed E-state index contributed by atoms with van der Waals surface area (Å²) in [4.78, 5) is 0.485. The molecule has 88 valence electrons. The molecule has 0 N–H and O–H groups in total. The Morgan fingerprint density at radius 3 is 2.56 bits per heavy atom. The minimum absolute atomic E-state index is 0.110. The zero-order chi connectivity index (χ0) is 11.6. The molecule has 1 aliphatic carbocycles. The number of rotatable bonds is 5. The summed E-state index contributed by atoms with van der Waals surface area (Å²) in [6.07, 6.45) is 4.21. The van der Waals surface area contributed by atoms with Crippen LogP contribution in [0.3, 0.4) is 0 Å². The monoisotopic (exact) mass is 238 g/mol. The third-order valence-electron chi connectivity index (χ3n) is 3.26. The van der Waals surface area contributed by atoms with Crippen molar-refractivity contribution in [1.29, 1.82) is 0 Å². The molecule has 3 heteroatoms. The van der Waals surface area contributed by atoms with Gasteiger partial charge in [-0.2, -0.15) is 0 Å². The van der Waals surface area contributed by atoms with Gasteiger partial charge in [-0.05, 0) is 30.9 Å². The predicted octanol–water partition coefficient (Wildman–Crippen LogP) is 3.04. The highest BCUT2D eigenvalue weighted by atomic mass is 32.2. The predicted molar refractivity (Wildman–Crippen MR) is 65.0 cm³/mol. The topological polar surface area (TPSA) is 34.1 Å². The zero-order valence-corrected chi connectivity index (χ0v) is 10.4. The van der Waals surface area contributed by atoms with Crippen LogP contribution in [0, 0.1) is 5.92 Å². The Balaban J connectivity index is 2.06. The third-order valence-corrected chi connectivity index (χ3v) is 5.56. The summed E-state index contributed by atoms with van der Waals surface area (Å²) in [6.45, 7) is 2.14. The normalized spacial score (nSPS) is 24.3. The smallest absolute Gasteiger partial charge is 0.181 e. The third kappa shape index (κ3) is 2.29. The number of sulfone groups is 1. The molecule has 0 amide bonds. The molecule has 2 unspecified atom stereocenters. The molecule has 1 aromatic carbocycles. The van der Waals surface area contributed by atoms with Gasteiger partial charge >= 0.3 is 0 Å². The van der Waals surface area contributed by atoms with Crippen LogP contribution < -0.4 is 0 Å². The number of benzene rings is 1. The van der Waals surface area contributed by atoms with Crippen LogP contribution >= 0.6 is 0 Å². The van der Waals surface area contributed by atoms with Crippen LogP contribution in [0.2, 0.25) is 0 Å². The molecule has 16 heavy (non-hydrogen) atoms. The first-order chi connectivity index (χ1) is 7.66. The lowest BCUT2D eigenvalue weighted by Crippen LogP contribution is -2.09. The van der Waals surface area contributed by atoms with Crippen molar-refractivity contribution in [2.24, 2.45) is 5.92 Å². The summed E-state index contributed by atoms with van der Waals surface area (Å²) < 4.78 is 24.3. The van der Waals surface area contributed by atoms with E-state index in [0.717, 1.165) is 25.7 Å². The molecule has 2 rings (SSSR count). The van der Waals surface area contributed by atoms with E-state index < -0.39 is 9.84 Å². The Labute approximate surface area is 97.6 Å². The van der Waals surface area contributed by atoms with Gasteiger partial charge in [0.15, 0.2) is 9.84 Å². The van der Waals surface area contributed by atoms with Crippen molar-refractivity contribution >= 4 is 9.84 Å². The molecule has 1 fully saturated rings. The summed E-state index contributed by atoms with van der Waals surface area (Å²) in [6, 6.07) is 8.82. The van der Waals surface area contributed by atoms with Crippen molar-refractivity contribution in [2.45, 2.75) is 42.8 Å². The van der Waals surface area contributed by atoms with Crippen molar-refractivity contribution in [1.82, 2.24) is 0 Å². The Kier molecular flexibility index (Phi) is 3.33. The molecule has 0 radical (unpaired) electrons. The highest BCUT2D eigenvalue weighted by Crippen LogP contribution is 2.43. The molecule has 0 bridgehead atoms. The second-order valence-electron chi connectivity index (χ2n) is 4.53. The Bertz CT molecular complexity index is 436. The number of hydrogen-bond acceptors (Lipinski definition) is 2. The summed E-state index contributed by atoms with van der Waals surface area (Å²) in [5, 5.41) is -0.110. The standard InChI is InChI=1S/C13H18O2S/c1-2-3-7-11-10-13(11)16(14,15)12-8-5-4-6-9-12/h4-6,8-9,11,13H,2-3,7,10H2,1H3. The lowest BCUT2D eigenvalue weighted by molar-refractivity contribution is 0.586. The maximum Gasteiger partial charge on any atom is 0.181 e. The first-order valence-corrected chi connectivity index (χ1v) is 7.50. The van der Waals surface area contributed by atoms with Crippen LogP contribution in [0.15, 0.2) is 35.2 Å². The molecule has 0 spiro atoms. The minimum atomic E-state index is -3.05. The fourth-order valence-electron chi connectivity index (χ4n) is 2.15. The molecular formula is C13H18O2S. The summed E-state index contributed by atoms with van der Waals surface area (Å²) in [5.41, 5.74) is 0. The van der Waals surface area contributed by atoms with Gasteiger partial charge in [-0.15, -0.1) is 0 Å². The van der Waals surface area contributed by atoms with Gasteiger partial charge in [-0.25, -0.2) is 8.42 Å². The summed E-state index contributed by atoms with van der Waals surface area (Å²) in [5.74, 6) is 0.408. The van der Waals surface area contributed by atoms with E-state index in [2.05, 4.69) is 6.92 Å². The van der Waals surface area contributed by atoms with E-state index in [-0.39, 0.29) is 5.25 Å². The Morgan fingerprint density at radius 2 is 1.94 bits per heavy atom. The molecule has 1 saturated carbocycles. The van der Waals surface area contributed by atoms with Crippen LogP contribution in [0.25, 0.3) is 0 Å². The number of hydrogen-bond donors (Lipinski definition) is 0. The fraction of sp³-hybridized carbons (Fsp3) is 0.538. The van der Waals surface area contributed by atoms with E-state index in [4.69, 9.17) is 0 Å². The van der Waals surface area contributed by atoms with Gasteiger partial charge in [0.1, 0.15) is 0 Å². The largest absolute Gasteiger partial charge is 0.223 e. The van der Waals surface area contributed by atoms with Gasteiger partial charge in [0.05, 0.1) is 10.1 Å². The molecule has 1 aliphatic rings. The minimum Gasteiger partial charge on any atom is -0.223 e. The van der Waals surface area contributed by atoms with Gasteiger partial charge in [0.25, 0.3) is 0 Å². The van der Waals surface area contributed by atoms with E-state index in [0.29, 0.717) is 10.8 Å². The van der Waals surface area contributed by atoms with Crippen LogP contribution in [-0.4, -0.2) is 13.7 Å². The van der Waals surface area contributed by atoms with Crippen LogP contribution in [-0.2, 0) is 9.84 Å². The van der Waals surface area contributed by atoms with Crippen LogP contribution in [0.4, 0.5) is 0 Å². The second-order valence-corrected chi connectivity index (χ2v) is 6.70. The van der Waals surface area contributed by atoms with E-state index in [1.54, 1.807) is 24.3 Å². The highest BCUT2D eigenvalue weighted by Gasteiger charge is 2.46. The maximum absolute atomic E-state index is 12.2. The molecule has 2 nitrogen and oxygen atoms in total. The molecule has 0 aromatic heterocycles. The quantitative estimate of drug-likeness (QED) is 0.790. The lowest BCUT2D eigenvalue weighted by Gasteiger charge is -2.03. The average molecular weight is 238 g/mol. The van der Waals surface area contributed by atoms with Gasteiger partial charge in [0, 0.05) is 0 Å². The SMILES string of the molecule is CCCCC1CC1S(=O)(=O)c1ccccc1. The Hall–Kier alpha value is -0.830. The molecular weight excluding hydrogens is 220 g/mol. The van der Waals surface area contributed by atoms with E-state index in [1.165, 1.54) is 0 Å². The Morgan fingerprint density at radius 1 is 1.25 bits per heavy atom. The van der Waals surface area contributed by atoms with Crippen molar-refractivity contribution in [3.8, 4) is 0 Å². The van der Waals surface area contributed by atoms with Crippen LogP contribution in [0.5, 0.6) is 0 Å². The second kappa shape index (κ2) is 4.58. The average Bonchev–Trinajstić information content (AvgIpc) is 3.07. The molecule has 0 saturated heterocycles.